The Morgan fingerprint density at radius 2 is 1.45 bits per heavy atom. The van der Waals surface area contributed by atoms with Crippen LogP contribution in [0.25, 0.3) is 6.08 Å². The highest BCUT2D eigenvalue weighted by molar-refractivity contribution is 6.28. The summed E-state index contributed by atoms with van der Waals surface area (Å²) in [4.78, 5) is 37.2. The Labute approximate surface area is 116 Å². The number of allylic oxidation sites excluding steroid dienone is 2. The molecule has 1 heterocycles. The first-order valence-electron chi connectivity index (χ1n) is 6.06. The molecule has 0 spiro atoms. The average Bonchev–Trinajstić information content (AvgIpc) is 2.48. The highest BCUT2D eigenvalue weighted by Gasteiger charge is 2.37. The summed E-state index contributed by atoms with van der Waals surface area (Å²) in [6.07, 6.45) is 4.83. The fourth-order valence-corrected chi connectivity index (χ4v) is 1.81. The van der Waals surface area contributed by atoms with Gasteiger partial charge in [-0.3, -0.25) is 19.4 Å². The Morgan fingerprint density at radius 1 is 0.900 bits per heavy atom. The van der Waals surface area contributed by atoms with E-state index < -0.39 is 17.8 Å². The zero-order valence-corrected chi connectivity index (χ0v) is 11.2. The Balaban J connectivity index is 2.24. The van der Waals surface area contributed by atoms with Crippen LogP contribution in [0.4, 0.5) is 4.79 Å². The SMILES string of the molecule is CN1C(=O)C(=CC=Cc2ccccc2)C(=O)N(C)C1=O. The highest BCUT2D eigenvalue weighted by Crippen LogP contribution is 2.14. The van der Waals surface area contributed by atoms with Gasteiger partial charge in [0.1, 0.15) is 5.57 Å². The highest BCUT2D eigenvalue weighted by atomic mass is 16.2. The van der Waals surface area contributed by atoms with Crippen LogP contribution in [-0.2, 0) is 9.59 Å². The molecule has 1 saturated heterocycles. The van der Waals surface area contributed by atoms with E-state index in [1.54, 1.807) is 12.2 Å². The number of urea groups is 1. The number of nitrogens with zero attached hydrogens (tertiary/aromatic N) is 2. The lowest BCUT2D eigenvalue weighted by atomic mass is 10.1. The number of imide groups is 2. The van der Waals surface area contributed by atoms with Gasteiger partial charge in [0.2, 0.25) is 0 Å². The monoisotopic (exact) mass is 270 g/mol. The van der Waals surface area contributed by atoms with Gasteiger partial charge in [0.25, 0.3) is 11.8 Å². The average molecular weight is 270 g/mol. The van der Waals surface area contributed by atoms with E-state index in [0.29, 0.717) is 0 Å². The second-order valence-corrected chi connectivity index (χ2v) is 4.36. The Bertz CT molecular complexity index is 591. The van der Waals surface area contributed by atoms with Crippen LogP contribution in [0.2, 0.25) is 0 Å². The van der Waals surface area contributed by atoms with Crippen LogP contribution in [0.1, 0.15) is 5.56 Å². The number of amides is 4. The molecule has 1 aliphatic rings. The van der Waals surface area contributed by atoms with Crippen molar-refractivity contribution in [1.29, 1.82) is 0 Å². The third kappa shape index (κ3) is 2.51. The largest absolute Gasteiger partial charge is 0.333 e. The minimum absolute atomic E-state index is 0.0261. The minimum Gasteiger partial charge on any atom is -0.268 e. The fourth-order valence-electron chi connectivity index (χ4n) is 1.81. The van der Waals surface area contributed by atoms with Gasteiger partial charge >= 0.3 is 6.03 Å². The van der Waals surface area contributed by atoms with Crippen molar-refractivity contribution >= 4 is 23.9 Å². The Kier molecular flexibility index (Phi) is 3.79. The maximum Gasteiger partial charge on any atom is 0.333 e. The fraction of sp³-hybridized carbons (Fsp3) is 0.133. The van der Waals surface area contributed by atoms with Gasteiger partial charge in [-0.1, -0.05) is 42.5 Å². The molecule has 5 heteroatoms. The van der Waals surface area contributed by atoms with E-state index in [1.165, 1.54) is 20.2 Å². The summed E-state index contributed by atoms with van der Waals surface area (Å²) in [5.74, 6) is -1.17. The van der Waals surface area contributed by atoms with E-state index >= 15 is 0 Å². The van der Waals surface area contributed by atoms with Crippen LogP contribution >= 0.6 is 0 Å². The van der Waals surface area contributed by atoms with Gasteiger partial charge in [0.15, 0.2) is 0 Å². The smallest absolute Gasteiger partial charge is 0.268 e. The first-order valence-corrected chi connectivity index (χ1v) is 6.06. The summed E-state index contributed by atoms with van der Waals surface area (Å²) < 4.78 is 0. The summed E-state index contributed by atoms with van der Waals surface area (Å²) in [6, 6.07) is 8.87. The molecule has 0 atom stereocenters. The second-order valence-electron chi connectivity index (χ2n) is 4.36. The number of likely N-dealkylation sites (N-methyl/N-ethyl adjacent to an activating group) is 2. The predicted octanol–water partition coefficient (Wildman–Crippen LogP) is 1.68. The van der Waals surface area contributed by atoms with Gasteiger partial charge in [-0.05, 0) is 11.6 Å². The quantitative estimate of drug-likeness (QED) is 0.607. The molecule has 2 rings (SSSR count). The van der Waals surface area contributed by atoms with Crippen molar-refractivity contribution < 1.29 is 14.4 Å². The summed E-state index contributed by atoms with van der Waals surface area (Å²) in [5, 5.41) is 0. The zero-order chi connectivity index (χ0) is 14.7. The van der Waals surface area contributed by atoms with Crippen LogP contribution in [0.3, 0.4) is 0 Å². The number of benzene rings is 1. The molecular weight excluding hydrogens is 256 g/mol. The number of carbonyl (C=O) groups excluding carboxylic acids is 3. The number of rotatable bonds is 2. The number of hydrogen-bond donors (Lipinski definition) is 0. The summed E-state index contributed by atoms with van der Waals surface area (Å²) in [7, 11) is 2.70. The molecule has 5 nitrogen and oxygen atoms in total. The molecule has 1 fully saturated rings. The number of hydrogen-bond acceptors (Lipinski definition) is 3. The van der Waals surface area contributed by atoms with Crippen LogP contribution in [-0.4, -0.2) is 41.7 Å². The van der Waals surface area contributed by atoms with Crippen LogP contribution in [0, 0.1) is 0 Å². The summed E-state index contributed by atoms with van der Waals surface area (Å²) >= 11 is 0. The Morgan fingerprint density at radius 3 is 2.00 bits per heavy atom. The second kappa shape index (κ2) is 5.52. The van der Waals surface area contributed by atoms with Gasteiger partial charge in [0.05, 0.1) is 0 Å². The molecule has 1 aromatic rings. The van der Waals surface area contributed by atoms with Gasteiger partial charge < -0.3 is 0 Å². The van der Waals surface area contributed by atoms with E-state index in [2.05, 4.69) is 0 Å². The van der Waals surface area contributed by atoms with Crippen molar-refractivity contribution in [2.75, 3.05) is 14.1 Å². The van der Waals surface area contributed by atoms with Gasteiger partial charge in [-0.15, -0.1) is 0 Å². The van der Waals surface area contributed by atoms with Crippen molar-refractivity contribution in [2.45, 2.75) is 0 Å². The summed E-state index contributed by atoms with van der Waals surface area (Å²) in [6.45, 7) is 0. The lowest BCUT2D eigenvalue weighted by Gasteiger charge is -2.28. The van der Waals surface area contributed by atoms with Gasteiger partial charge in [-0.2, -0.15) is 0 Å². The molecular formula is C15H14N2O3. The topological polar surface area (TPSA) is 57.7 Å². The van der Waals surface area contributed by atoms with E-state index in [0.717, 1.165) is 15.4 Å². The summed E-state index contributed by atoms with van der Waals surface area (Å²) in [5.41, 5.74) is 0.930. The molecule has 0 aromatic heterocycles. The lowest BCUT2D eigenvalue weighted by Crippen LogP contribution is -2.52. The molecule has 0 radical (unpaired) electrons. The van der Waals surface area contributed by atoms with Gasteiger partial charge in [0, 0.05) is 14.1 Å². The van der Waals surface area contributed by atoms with Crippen molar-refractivity contribution in [2.24, 2.45) is 0 Å². The maximum absolute atomic E-state index is 11.9. The van der Waals surface area contributed by atoms with Crippen molar-refractivity contribution in [1.82, 2.24) is 9.80 Å². The maximum atomic E-state index is 11.9. The van der Waals surface area contributed by atoms with Crippen molar-refractivity contribution in [3.63, 3.8) is 0 Å². The van der Waals surface area contributed by atoms with Crippen LogP contribution in [0.5, 0.6) is 0 Å². The molecule has 20 heavy (non-hydrogen) atoms. The normalized spacial score (nSPS) is 16.3. The van der Waals surface area contributed by atoms with E-state index in [1.807, 2.05) is 30.3 Å². The molecule has 1 aromatic carbocycles. The van der Waals surface area contributed by atoms with E-state index in [4.69, 9.17) is 0 Å². The molecule has 0 unspecified atom stereocenters. The Hall–Kier alpha value is -2.69. The van der Waals surface area contributed by atoms with Crippen LogP contribution in [0.15, 0.2) is 48.1 Å². The molecule has 0 bridgehead atoms. The number of carbonyl (C=O) groups is 3. The van der Waals surface area contributed by atoms with Crippen molar-refractivity contribution in [3.8, 4) is 0 Å². The van der Waals surface area contributed by atoms with E-state index in [-0.39, 0.29) is 5.57 Å². The standard InChI is InChI=1S/C15H14N2O3/c1-16-13(18)12(14(19)17(2)15(16)20)10-6-9-11-7-4-3-5-8-11/h3-10H,1-2H3. The molecule has 0 saturated carbocycles. The lowest BCUT2D eigenvalue weighted by molar-refractivity contribution is -0.134. The van der Waals surface area contributed by atoms with Crippen LogP contribution < -0.4 is 0 Å². The minimum atomic E-state index is -0.621. The first-order chi connectivity index (χ1) is 9.52. The molecule has 4 amide bonds. The van der Waals surface area contributed by atoms with Crippen molar-refractivity contribution in [3.05, 3.63) is 53.6 Å². The van der Waals surface area contributed by atoms with Gasteiger partial charge in [-0.25, -0.2) is 4.79 Å². The molecule has 0 N–H and O–H groups in total. The third-order valence-corrected chi connectivity index (χ3v) is 3.00. The molecule has 0 aliphatic carbocycles. The van der Waals surface area contributed by atoms with E-state index in [9.17, 15) is 14.4 Å². The molecule has 102 valence electrons. The molecule has 1 aliphatic heterocycles. The third-order valence-electron chi connectivity index (χ3n) is 3.00. The zero-order valence-electron chi connectivity index (χ0n) is 11.2. The predicted molar refractivity (Wildman–Crippen MR) is 74.5 cm³/mol. The number of barbiturate groups is 1. The first kappa shape index (κ1) is 13.7.